The van der Waals surface area contributed by atoms with Crippen LogP contribution in [-0.4, -0.2) is 37.9 Å². The van der Waals surface area contributed by atoms with E-state index >= 15 is 0 Å². The Kier molecular flexibility index (Phi) is 8.52. The van der Waals surface area contributed by atoms with Gasteiger partial charge in [0.2, 0.25) is 0 Å². The number of alkyl halides is 2. The molecule has 1 aliphatic rings. The predicted octanol–water partition coefficient (Wildman–Crippen LogP) is 6.85. The summed E-state index contributed by atoms with van der Waals surface area (Å²) in [5, 5.41) is 19.9. The van der Waals surface area contributed by atoms with E-state index in [9.17, 15) is 23.5 Å². The zero-order chi connectivity index (χ0) is 31.8. The second kappa shape index (κ2) is 12.2. The monoisotopic (exact) mass is 600 g/mol. The van der Waals surface area contributed by atoms with Gasteiger partial charge in [0.15, 0.2) is 0 Å². The molecule has 2 N–H and O–H groups in total. The number of hydrogen-bond donors (Lipinski definition) is 2. The summed E-state index contributed by atoms with van der Waals surface area (Å²) in [6, 6.07) is 16.7. The van der Waals surface area contributed by atoms with Gasteiger partial charge in [-0.1, -0.05) is 18.2 Å². The van der Waals surface area contributed by atoms with Gasteiger partial charge in [0.05, 0.1) is 36.2 Å². The summed E-state index contributed by atoms with van der Waals surface area (Å²) in [6.07, 6.45) is -0.349. The van der Waals surface area contributed by atoms with Gasteiger partial charge in [0, 0.05) is 40.6 Å². The van der Waals surface area contributed by atoms with Crippen LogP contribution in [0.25, 0.3) is 32.9 Å². The first-order chi connectivity index (χ1) is 20.8. The zero-order valence-corrected chi connectivity index (χ0v) is 25.0. The Labute approximate surface area is 253 Å². The molecule has 3 heterocycles. The van der Waals surface area contributed by atoms with Gasteiger partial charge in [0.25, 0.3) is 12.0 Å². The fraction of sp³-hybridized carbons (Fsp3) is 0.286. The van der Waals surface area contributed by atoms with Gasteiger partial charge in [-0.3, -0.25) is 14.6 Å². The molecule has 6 rings (SSSR count). The molecule has 0 atom stereocenters. The van der Waals surface area contributed by atoms with E-state index in [2.05, 4.69) is 4.98 Å². The molecule has 0 bridgehead atoms. The average Bonchev–Trinajstić information content (AvgIpc) is 2.95. The van der Waals surface area contributed by atoms with Gasteiger partial charge in [-0.05, 0) is 91.9 Å². The van der Waals surface area contributed by atoms with Gasteiger partial charge in [-0.15, -0.1) is 0 Å². The second-order valence-electron chi connectivity index (χ2n) is 11.9. The lowest BCUT2D eigenvalue weighted by Crippen LogP contribution is -2.21. The minimum atomic E-state index is -2.62. The van der Waals surface area contributed by atoms with E-state index in [0.717, 1.165) is 28.7 Å². The van der Waals surface area contributed by atoms with E-state index in [1.54, 1.807) is 55.8 Å². The highest BCUT2D eigenvalue weighted by Gasteiger charge is 2.23. The first-order valence-corrected chi connectivity index (χ1v) is 14.3. The molecular weight excluding hydrogens is 566 g/mol. The molecule has 0 unspecified atom stereocenters. The Balaban J connectivity index is 0.000000712. The molecule has 3 aromatic carbocycles. The van der Waals surface area contributed by atoms with Crippen LogP contribution < -0.4 is 10.3 Å². The Bertz CT molecular complexity index is 1930. The molecule has 0 aliphatic carbocycles. The van der Waals surface area contributed by atoms with Crippen molar-refractivity contribution in [2.45, 2.75) is 59.1 Å². The number of nitrogens with zero attached hydrogens (tertiary/aromatic N) is 2. The van der Waals surface area contributed by atoms with Gasteiger partial charge < -0.3 is 19.5 Å². The maximum atomic E-state index is 13.3. The summed E-state index contributed by atoms with van der Waals surface area (Å²) in [6.45, 7) is 7.71. The van der Waals surface area contributed by atoms with Crippen molar-refractivity contribution in [3.05, 3.63) is 105 Å². The minimum absolute atomic E-state index is 0.0871. The molecule has 0 radical (unpaired) electrons. The molecule has 9 heteroatoms. The third kappa shape index (κ3) is 6.48. The smallest absolute Gasteiger partial charge is 0.307 e. The first kappa shape index (κ1) is 30.8. The van der Waals surface area contributed by atoms with Crippen LogP contribution in [0.15, 0.2) is 71.7 Å². The van der Waals surface area contributed by atoms with Crippen molar-refractivity contribution in [3.63, 3.8) is 0 Å². The van der Waals surface area contributed by atoms with Crippen molar-refractivity contribution in [1.82, 2.24) is 9.55 Å². The molecule has 1 aliphatic heterocycles. The van der Waals surface area contributed by atoms with E-state index in [1.165, 1.54) is 18.2 Å². The Hall–Kier alpha value is -4.63. The number of ether oxygens (including phenoxy) is 1. The first-order valence-electron chi connectivity index (χ1n) is 14.3. The normalized spacial score (nSPS) is 12.6. The predicted molar refractivity (Wildman–Crippen MR) is 167 cm³/mol. The van der Waals surface area contributed by atoms with E-state index in [0.29, 0.717) is 45.3 Å². The van der Waals surface area contributed by atoms with Gasteiger partial charge >= 0.3 is 5.97 Å². The fourth-order valence-corrected chi connectivity index (χ4v) is 5.58. The quantitative estimate of drug-likeness (QED) is 0.221. The molecular formula is C35H34F2N2O5. The number of aliphatic hydroxyl groups is 1. The van der Waals surface area contributed by atoms with Crippen LogP contribution in [0, 0.1) is 6.92 Å². The van der Waals surface area contributed by atoms with Gasteiger partial charge in [-0.2, -0.15) is 0 Å². The van der Waals surface area contributed by atoms with Crippen LogP contribution in [0.3, 0.4) is 0 Å². The van der Waals surface area contributed by atoms with E-state index in [4.69, 9.17) is 9.84 Å². The van der Waals surface area contributed by atoms with Crippen molar-refractivity contribution in [2.24, 2.45) is 0 Å². The average molecular weight is 601 g/mol. The minimum Gasteiger partial charge on any atom is -0.493 e. The number of hydrogen-bond acceptors (Lipinski definition) is 5. The Morgan fingerprint density at radius 2 is 1.84 bits per heavy atom. The SMILES string of the molecule is CC(C)(C)O.Cc1cc2c(ccc(=O)n2Cc2cccc(C(F)F)c2)c(-c2ccc3c4c(ccnc24)CCO3)c1CC(=O)O. The van der Waals surface area contributed by atoms with Crippen molar-refractivity contribution < 1.29 is 28.5 Å². The number of pyridine rings is 2. The zero-order valence-electron chi connectivity index (χ0n) is 25.0. The lowest BCUT2D eigenvalue weighted by molar-refractivity contribution is -0.136. The van der Waals surface area contributed by atoms with Crippen LogP contribution in [0.1, 0.15) is 55.0 Å². The molecule has 5 aromatic rings. The maximum Gasteiger partial charge on any atom is 0.307 e. The summed E-state index contributed by atoms with van der Waals surface area (Å²) in [7, 11) is 0. The Morgan fingerprint density at radius 1 is 1.09 bits per heavy atom. The second-order valence-corrected chi connectivity index (χ2v) is 11.9. The third-order valence-electron chi connectivity index (χ3n) is 7.34. The molecule has 0 spiro atoms. The van der Waals surface area contributed by atoms with Gasteiger partial charge in [-0.25, -0.2) is 8.78 Å². The molecule has 7 nitrogen and oxygen atoms in total. The third-order valence-corrected chi connectivity index (χ3v) is 7.34. The number of fused-ring (bicyclic) bond motifs is 1. The summed E-state index contributed by atoms with van der Waals surface area (Å²) in [5.41, 5.74) is 4.82. The summed E-state index contributed by atoms with van der Waals surface area (Å²) in [5.74, 6) is -0.245. The van der Waals surface area contributed by atoms with Crippen LogP contribution in [0.5, 0.6) is 5.75 Å². The number of aromatic nitrogens is 2. The summed E-state index contributed by atoms with van der Waals surface area (Å²) in [4.78, 5) is 29.8. The van der Waals surface area contributed by atoms with Gasteiger partial charge in [0.1, 0.15) is 5.75 Å². The summed E-state index contributed by atoms with van der Waals surface area (Å²) < 4.78 is 34.1. The molecule has 2 aromatic heterocycles. The maximum absolute atomic E-state index is 13.3. The number of carboxylic acids is 1. The number of aliphatic carboxylic acids is 1. The number of carbonyl (C=O) groups is 1. The van der Waals surface area contributed by atoms with Crippen LogP contribution in [0.4, 0.5) is 8.78 Å². The molecule has 0 amide bonds. The van der Waals surface area contributed by atoms with Crippen LogP contribution in [-0.2, 0) is 24.2 Å². The highest BCUT2D eigenvalue weighted by atomic mass is 19.3. The summed E-state index contributed by atoms with van der Waals surface area (Å²) >= 11 is 0. The topological polar surface area (TPSA) is 102 Å². The largest absolute Gasteiger partial charge is 0.493 e. The van der Waals surface area contributed by atoms with E-state index in [1.807, 2.05) is 25.1 Å². The number of halogens is 2. The van der Waals surface area contributed by atoms with Crippen LogP contribution in [0.2, 0.25) is 0 Å². The lowest BCUT2D eigenvalue weighted by atomic mass is 9.87. The number of aryl methyl sites for hydroxylation is 1. The highest BCUT2D eigenvalue weighted by Crippen LogP contribution is 2.42. The molecule has 0 saturated carbocycles. The molecule has 228 valence electrons. The van der Waals surface area contributed by atoms with Crippen LogP contribution >= 0.6 is 0 Å². The highest BCUT2D eigenvalue weighted by molar-refractivity contribution is 6.08. The van der Waals surface area contributed by atoms with E-state index in [-0.39, 0.29) is 24.1 Å². The van der Waals surface area contributed by atoms with Crippen molar-refractivity contribution in [3.8, 4) is 16.9 Å². The van der Waals surface area contributed by atoms with E-state index < -0.39 is 18.0 Å². The number of carboxylic acid groups (broad SMARTS) is 1. The number of benzene rings is 3. The number of rotatable bonds is 6. The van der Waals surface area contributed by atoms with Crippen molar-refractivity contribution in [2.75, 3.05) is 6.61 Å². The fourth-order valence-electron chi connectivity index (χ4n) is 5.58. The Morgan fingerprint density at radius 3 is 2.55 bits per heavy atom. The van der Waals surface area contributed by atoms with Crippen molar-refractivity contribution in [1.29, 1.82) is 0 Å². The van der Waals surface area contributed by atoms with Crippen molar-refractivity contribution >= 4 is 27.8 Å². The molecule has 0 saturated heterocycles. The lowest BCUT2D eigenvalue weighted by Gasteiger charge is -2.22. The standard InChI is InChI=1S/C31H24F2N2O4.C4H10O/c1-17-13-24-21(6-8-26(36)35(24)16-18-3-2-4-20(14-18)31(32)33)29(23(17)15-27(37)38)22-5-7-25-28-19(10-12-39-25)9-11-34-30(22)28;1-4(2,3)5/h2-9,11,13-14,31H,10,12,15-16H2,1H3,(H,37,38);5H,1-3H3. The molecule has 0 fully saturated rings. The molecule has 44 heavy (non-hydrogen) atoms.